The lowest BCUT2D eigenvalue weighted by atomic mass is 10.2. The Morgan fingerprint density at radius 2 is 1.58 bits per heavy atom. The summed E-state index contributed by atoms with van der Waals surface area (Å²) in [4.78, 5) is -0.0731. The molecule has 0 atom stereocenters. The van der Waals surface area contributed by atoms with Crippen LogP contribution >= 0.6 is 23.2 Å². The standard InChI is InChI=1S/C19H15Cl2NO3S/c20-15-6-11-18(21)19(12-15)26(23,24)22-16-7-9-17(10-8-16)25-13-14-4-2-1-3-5-14/h1-12,22H,13H2. The van der Waals surface area contributed by atoms with Gasteiger partial charge in [0, 0.05) is 10.7 Å². The fourth-order valence-electron chi connectivity index (χ4n) is 2.25. The fraction of sp³-hybridized carbons (Fsp3) is 0.0526. The molecule has 1 N–H and O–H groups in total. The van der Waals surface area contributed by atoms with Crippen molar-refractivity contribution >= 4 is 38.9 Å². The van der Waals surface area contributed by atoms with Gasteiger partial charge in [-0.25, -0.2) is 8.42 Å². The lowest BCUT2D eigenvalue weighted by Crippen LogP contribution is -2.13. The zero-order valence-corrected chi connectivity index (χ0v) is 15.9. The van der Waals surface area contributed by atoms with Crippen LogP contribution in [0, 0.1) is 0 Å². The van der Waals surface area contributed by atoms with Gasteiger partial charge in [0.2, 0.25) is 0 Å². The van der Waals surface area contributed by atoms with Gasteiger partial charge in [-0.1, -0.05) is 53.5 Å². The lowest BCUT2D eigenvalue weighted by Gasteiger charge is -2.11. The summed E-state index contributed by atoms with van der Waals surface area (Å²) in [6.07, 6.45) is 0. The van der Waals surface area contributed by atoms with Crippen molar-refractivity contribution < 1.29 is 13.2 Å². The van der Waals surface area contributed by atoms with E-state index < -0.39 is 10.0 Å². The Balaban J connectivity index is 1.69. The molecular formula is C19H15Cl2NO3S. The number of sulfonamides is 1. The number of benzene rings is 3. The molecule has 0 unspecified atom stereocenters. The van der Waals surface area contributed by atoms with E-state index >= 15 is 0 Å². The second-order valence-electron chi connectivity index (χ2n) is 5.48. The normalized spacial score (nSPS) is 11.2. The SMILES string of the molecule is O=S(=O)(Nc1ccc(OCc2ccccc2)cc1)c1cc(Cl)ccc1Cl. The number of anilines is 1. The first-order chi connectivity index (χ1) is 12.4. The average molecular weight is 408 g/mol. The molecule has 0 fully saturated rings. The summed E-state index contributed by atoms with van der Waals surface area (Å²) in [7, 11) is -3.84. The summed E-state index contributed by atoms with van der Waals surface area (Å²) in [5.41, 5.74) is 1.45. The number of halogens is 2. The molecule has 0 spiro atoms. The summed E-state index contributed by atoms with van der Waals surface area (Å²) < 4.78 is 33.1. The summed E-state index contributed by atoms with van der Waals surface area (Å²) in [5, 5.41) is 0.393. The summed E-state index contributed by atoms with van der Waals surface area (Å²) in [6.45, 7) is 0.435. The van der Waals surface area contributed by atoms with E-state index in [0.29, 0.717) is 23.1 Å². The average Bonchev–Trinajstić information content (AvgIpc) is 2.64. The van der Waals surface area contributed by atoms with Crippen LogP contribution in [0.1, 0.15) is 5.56 Å². The first-order valence-electron chi connectivity index (χ1n) is 7.69. The van der Waals surface area contributed by atoms with Crippen molar-refractivity contribution in [3.63, 3.8) is 0 Å². The molecule has 0 amide bonds. The minimum Gasteiger partial charge on any atom is -0.489 e. The predicted molar refractivity (Wildman–Crippen MR) is 104 cm³/mol. The number of hydrogen-bond acceptors (Lipinski definition) is 3. The topological polar surface area (TPSA) is 55.4 Å². The van der Waals surface area contributed by atoms with Gasteiger partial charge in [0.05, 0.1) is 5.02 Å². The third-order valence-electron chi connectivity index (χ3n) is 3.54. The Labute approximate surface area is 162 Å². The van der Waals surface area contributed by atoms with Gasteiger partial charge in [-0.3, -0.25) is 4.72 Å². The Kier molecular flexibility index (Phi) is 5.71. The Morgan fingerprint density at radius 3 is 2.27 bits per heavy atom. The minimum absolute atomic E-state index is 0.0731. The molecule has 0 aliphatic rings. The lowest BCUT2D eigenvalue weighted by molar-refractivity contribution is 0.306. The zero-order chi connectivity index (χ0) is 18.6. The van der Waals surface area contributed by atoms with E-state index in [1.165, 1.54) is 18.2 Å². The van der Waals surface area contributed by atoms with Crippen molar-refractivity contribution in [1.29, 1.82) is 0 Å². The molecule has 3 aromatic carbocycles. The van der Waals surface area contributed by atoms with E-state index in [1.54, 1.807) is 24.3 Å². The molecule has 4 nitrogen and oxygen atoms in total. The molecule has 0 aromatic heterocycles. The van der Waals surface area contributed by atoms with Gasteiger partial charge in [-0.15, -0.1) is 0 Å². The molecule has 0 heterocycles. The van der Waals surface area contributed by atoms with Crippen LogP contribution in [0.15, 0.2) is 77.7 Å². The van der Waals surface area contributed by atoms with Gasteiger partial charge in [0.15, 0.2) is 0 Å². The third-order valence-corrected chi connectivity index (χ3v) is 5.64. The van der Waals surface area contributed by atoms with Crippen molar-refractivity contribution in [2.75, 3.05) is 4.72 Å². The monoisotopic (exact) mass is 407 g/mol. The first-order valence-corrected chi connectivity index (χ1v) is 9.93. The third kappa shape index (κ3) is 4.69. The highest BCUT2D eigenvalue weighted by atomic mass is 35.5. The molecule has 3 rings (SSSR count). The maximum absolute atomic E-state index is 12.5. The number of ether oxygens (including phenoxy) is 1. The molecule has 7 heteroatoms. The van der Waals surface area contributed by atoms with Crippen LogP contribution in [0.4, 0.5) is 5.69 Å². The van der Waals surface area contributed by atoms with Crippen molar-refractivity contribution in [1.82, 2.24) is 0 Å². The number of nitrogens with one attached hydrogen (secondary N) is 1. The molecule has 0 aliphatic heterocycles. The summed E-state index contributed by atoms with van der Waals surface area (Å²) >= 11 is 11.8. The molecule has 3 aromatic rings. The molecule has 0 bridgehead atoms. The van der Waals surface area contributed by atoms with Gasteiger partial charge < -0.3 is 4.74 Å². The second-order valence-corrected chi connectivity index (χ2v) is 7.97. The largest absolute Gasteiger partial charge is 0.489 e. The van der Waals surface area contributed by atoms with Crippen LogP contribution in [0.3, 0.4) is 0 Å². The summed E-state index contributed by atoms with van der Waals surface area (Å²) in [5.74, 6) is 0.637. The Hall–Kier alpha value is -2.21. The maximum atomic E-state index is 12.5. The van der Waals surface area contributed by atoms with Crippen LogP contribution in [-0.4, -0.2) is 8.42 Å². The first kappa shape index (κ1) is 18.6. The molecule has 134 valence electrons. The highest BCUT2D eigenvalue weighted by Crippen LogP contribution is 2.27. The highest BCUT2D eigenvalue weighted by Gasteiger charge is 2.18. The van der Waals surface area contributed by atoms with Gasteiger partial charge in [0.1, 0.15) is 17.3 Å². The van der Waals surface area contributed by atoms with Crippen molar-refractivity contribution in [3.05, 3.63) is 88.4 Å². The highest BCUT2D eigenvalue weighted by molar-refractivity contribution is 7.92. The van der Waals surface area contributed by atoms with Crippen LogP contribution in [-0.2, 0) is 16.6 Å². The number of hydrogen-bond donors (Lipinski definition) is 1. The van der Waals surface area contributed by atoms with Gasteiger partial charge in [-0.2, -0.15) is 0 Å². The van der Waals surface area contributed by atoms with E-state index in [4.69, 9.17) is 27.9 Å². The van der Waals surface area contributed by atoms with Crippen LogP contribution in [0.2, 0.25) is 10.0 Å². The van der Waals surface area contributed by atoms with E-state index in [9.17, 15) is 8.42 Å². The van der Waals surface area contributed by atoms with Gasteiger partial charge in [-0.05, 0) is 48.0 Å². The van der Waals surface area contributed by atoms with Crippen LogP contribution < -0.4 is 9.46 Å². The van der Waals surface area contributed by atoms with Crippen molar-refractivity contribution in [3.8, 4) is 5.75 Å². The van der Waals surface area contributed by atoms with Crippen molar-refractivity contribution in [2.45, 2.75) is 11.5 Å². The number of rotatable bonds is 6. The van der Waals surface area contributed by atoms with Crippen molar-refractivity contribution in [2.24, 2.45) is 0 Å². The fourth-order valence-corrected chi connectivity index (χ4v) is 4.08. The van der Waals surface area contributed by atoms with E-state index in [2.05, 4.69) is 4.72 Å². The minimum atomic E-state index is -3.84. The van der Waals surface area contributed by atoms with Crippen LogP contribution in [0.25, 0.3) is 0 Å². The Morgan fingerprint density at radius 1 is 0.885 bits per heavy atom. The van der Waals surface area contributed by atoms with E-state index in [0.717, 1.165) is 5.56 Å². The van der Waals surface area contributed by atoms with Gasteiger partial charge in [0.25, 0.3) is 10.0 Å². The van der Waals surface area contributed by atoms with E-state index in [1.807, 2.05) is 30.3 Å². The molecular weight excluding hydrogens is 393 g/mol. The zero-order valence-electron chi connectivity index (χ0n) is 13.5. The smallest absolute Gasteiger partial charge is 0.263 e. The molecule has 0 saturated heterocycles. The summed E-state index contributed by atoms with van der Waals surface area (Å²) in [6, 6.07) is 20.7. The molecule has 0 saturated carbocycles. The molecule has 0 aliphatic carbocycles. The Bertz CT molecular complexity index is 991. The predicted octanol–water partition coefficient (Wildman–Crippen LogP) is 5.37. The maximum Gasteiger partial charge on any atom is 0.263 e. The van der Waals surface area contributed by atoms with E-state index in [-0.39, 0.29) is 9.92 Å². The molecule has 26 heavy (non-hydrogen) atoms. The second kappa shape index (κ2) is 7.99. The quantitative estimate of drug-likeness (QED) is 0.596. The van der Waals surface area contributed by atoms with Crippen LogP contribution in [0.5, 0.6) is 5.75 Å². The van der Waals surface area contributed by atoms with Gasteiger partial charge >= 0.3 is 0 Å². The molecule has 0 radical (unpaired) electrons.